The minimum absolute atomic E-state index is 0.0316. The molecule has 1 saturated heterocycles. The molecule has 3 heterocycles. The van der Waals surface area contributed by atoms with E-state index in [1.807, 2.05) is 32.6 Å². The lowest BCUT2D eigenvalue weighted by molar-refractivity contribution is -0.114. The Bertz CT molecular complexity index is 1610. The molecule has 1 fully saturated rings. The molecule has 1 aliphatic heterocycles. The molecule has 1 atom stereocenters. The van der Waals surface area contributed by atoms with Gasteiger partial charge in [-0.05, 0) is 68.5 Å². The first-order valence-corrected chi connectivity index (χ1v) is 15.2. The number of amides is 2. The van der Waals surface area contributed by atoms with Crippen LogP contribution in [-0.2, 0) is 14.8 Å². The quantitative estimate of drug-likeness (QED) is 0.352. The van der Waals surface area contributed by atoms with Crippen LogP contribution in [0.25, 0.3) is 11.3 Å². The van der Waals surface area contributed by atoms with Crippen LogP contribution in [0.5, 0.6) is 5.75 Å². The Labute approximate surface area is 245 Å². The molecule has 0 aliphatic carbocycles. The lowest BCUT2D eigenvalue weighted by Gasteiger charge is -2.36. The monoisotopic (exact) mass is 597 g/mol. The summed E-state index contributed by atoms with van der Waals surface area (Å²) >= 11 is 0. The molecule has 1 aliphatic rings. The van der Waals surface area contributed by atoms with Gasteiger partial charge in [-0.1, -0.05) is 26.8 Å². The average molecular weight is 598 g/mol. The minimum atomic E-state index is -4.41. The van der Waals surface area contributed by atoms with E-state index in [0.717, 1.165) is 6.42 Å². The Hall–Kier alpha value is -4.06. The van der Waals surface area contributed by atoms with Crippen molar-refractivity contribution in [1.29, 1.82) is 0 Å². The molecule has 12 heteroatoms. The van der Waals surface area contributed by atoms with E-state index in [1.165, 1.54) is 43.3 Å². The van der Waals surface area contributed by atoms with E-state index in [4.69, 9.17) is 9.72 Å². The van der Waals surface area contributed by atoms with Gasteiger partial charge < -0.3 is 15.0 Å². The summed E-state index contributed by atoms with van der Waals surface area (Å²) in [4.78, 5) is 35.7. The van der Waals surface area contributed by atoms with Crippen molar-refractivity contribution < 1.29 is 27.1 Å². The first-order chi connectivity index (χ1) is 19.7. The maximum absolute atomic E-state index is 14.6. The lowest BCUT2D eigenvalue weighted by atomic mass is 9.90. The maximum Gasteiger partial charge on any atom is 0.281 e. The van der Waals surface area contributed by atoms with Crippen LogP contribution >= 0.6 is 0 Å². The van der Waals surface area contributed by atoms with Crippen molar-refractivity contribution in [3.05, 3.63) is 59.9 Å². The Morgan fingerprint density at radius 3 is 2.52 bits per heavy atom. The molecule has 2 aromatic heterocycles. The highest BCUT2D eigenvalue weighted by Gasteiger charge is 2.41. The number of ether oxygens (including phenoxy) is 1. The van der Waals surface area contributed by atoms with Crippen molar-refractivity contribution in [3.8, 4) is 17.0 Å². The Morgan fingerprint density at radius 1 is 1.14 bits per heavy atom. The Balaban J connectivity index is 1.74. The van der Waals surface area contributed by atoms with Crippen molar-refractivity contribution >= 4 is 33.5 Å². The molecule has 0 saturated carbocycles. The zero-order chi connectivity index (χ0) is 30.8. The molecule has 3 aromatic rings. The van der Waals surface area contributed by atoms with Gasteiger partial charge in [0.2, 0.25) is 5.91 Å². The average Bonchev–Trinajstić information content (AvgIpc) is 3.17. The molecule has 0 spiro atoms. The molecular formula is C30H36FN5O5S. The summed E-state index contributed by atoms with van der Waals surface area (Å²) in [5.74, 6) is -0.632. The van der Waals surface area contributed by atoms with Crippen molar-refractivity contribution in [2.75, 3.05) is 23.4 Å². The highest BCUT2D eigenvalue weighted by molar-refractivity contribution is 7.90. The van der Waals surface area contributed by atoms with Crippen LogP contribution in [0, 0.1) is 17.7 Å². The maximum atomic E-state index is 14.6. The van der Waals surface area contributed by atoms with Crippen molar-refractivity contribution in [2.45, 2.75) is 58.5 Å². The van der Waals surface area contributed by atoms with Crippen LogP contribution < -0.4 is 19.7 Å². The van der Waals surface area contributed by atoms with E-state index in [1.54, 1.807) is 12.1 Å². The fourth-order valence-corrected chi connectivity index (χ4v) is 5.64. The third-order valence-electron chi connectivity index (χ3n) is 7.34. The summed E-state index contributed by atoms with van der Waals surface area (Å²) in [6.07, 6.45) is 0.839. The normalized spacial score (nSPS) is 16.4. The molecule has 0 radical (unpaired) electrons. The summed E-state index contributed by atoms with van der Waals surface area (Å²) in [7, 11) is -4.41. The van der Waals surface area contributed by atoms with Crippen molar-refractivity contribution in [1.82, 2.24) is 14.7 Å². The number of carbonyl (C=O) groups is 2. The molecule has 4 rings (SSSR count). The van der Waals surface area contributed by atoms with Gasteiger partial charge in [0.05, 0.1) is 17.9 Å². The van der Waals surface area contributed by atoms with Gasteiger partial charge >= 0.3 is 0 Å². The molecule has 10 nitrogen and oxygen atoms in total. The van der Waals surface area contributed by atoms with Gasteiger partial charge in [0.15, 0.2) is 5.03 Å². The second kappa shape index (κ2) is 12.0. The van der Waals surface area contributed by atoms with Crippen molar-refractivity contribution in [3.63, 3.8) is 0 Å². The first kappa shape index (κ1) is 30.9. The fraction of sp³-hybridized carbons (Fsp3) is 0.400. The molecule has 0 bridgehead atoms. The van der Waals surface area contributed by atoms with Crippen LogP contribution in [0.4, 0.5) is 16.0 Å². The van der Waals surface area contributed by atoms with Crippen molar-refractivity contribution in [2.24, 2.45) is 11.8 Å². The summed E-state index contributed by atoms with van der Waals surface area (Å²) in [6.45, 7) is 12.4. The van der Waals surface area contributed by atoms with E-state index < -0.39 is 38.2 Å². The predicted octanol–water partition coefficient (Wildman–Crippen LogP) is 5.02. The number of aromatic nitrogens is 2. The summed E-state index contributed by atoms with van der Waals surface area (Å²) < 4.78 is 48.7. The van der Waals surface area contributed by atoms with Crippen LogP contribution in [-0.4, -0.2) is 48.9 Å². The summed E-state index contributed by atoms with van der Waals surface area (Å²) in [5, 5.41) is 1.99. The Kier molecular flexibility index (Phi) is 8.86. The number of rotatable bonds is 9. The molecule has 224 valence electrons. The molecule has 1 aromatic carbocycles. The van der Waals surface area contributed by atoms with Gasteiger partial charge in [0.25, 0.3) is 15.9 Å². The number of benzene rings is 1. The van der Waals surface area contributed by atoms with Crippen LogP contribution in [0.1, 0.15) is 58.3 Å². The zero-order valence-electron chi connectivity index (χ0n) is 24.6. The topological polar surface area (TPSA) is 131 Å². The number of anilines is 2. The highest BCUT2D eigenvalue weighted by Crippen LogP contribution is 2.39. The van der Waals surface area contributed by atoms with Gasteiger partial charge in [0.1, 0.15) is 23.2 Å². The minimum Gasteiger partial charge on any atom is -0.493 e. The van der Waals surface area contributed by atoms with E-state index >= 15 is 0 Å². The van der Waals surface area contributed by atoms with Crippen LogP contribution in [0.3, 0.4) is 0 Å². The van der Waals surface area contributed by atoms with Crippen LogP contribution in [0.2, 0.25) is 0 Å². The largest absolute Gasteiger partial charge is 0.493 e. The molecule has 42 heavy (non-hydrogen) atoms. The number of hydrogen-bond donors (Lipinski definition) is 2. The smallest absolute Gasteiger partial charge is 0.281 e. The van der Waals surface area contributed by atoms with E-state index in [-0.39, 0.29) is 29.0 Å². The second-order valence-corrected chi connectivity index (χ2v) is 13.0. The zero-order valence-corrected chi connectivity index (χ0v) is 25.4. The summed E-state index contributed by atoms with van der Waals surface area (Å²) in [5.41, 5.74) is 0.494. The number of pyridine rings is 2. The predicted molar refractivity (Wildman–Crippen MR) is 158 cm³/mol. The fourth-order valence-electron chi connectivity index (χ4n) is 4.70. The van der Waals surface area contributed by atoms with Gasteiger partial charge in [-0.2, -0.15) is 8.42 Å². The third kappa shape index (κ3) is 6.87. The second-order valence-electron chi connectivity index (χ2n) is 11.4. The number of nitrogens with one attached hydrogen (secondary N) is 2. The van der Waals surface area contributed by atoms with Gasteiger partial charge in [-0.3, -0.25) is 9.59 Å². The van der Waals surface area contributed by atoms with E-state index in [9.17, 15) is 22.4 Å². The molecule has 2 amide bonds. The highest BCUT2D eigenvalue weighted by atomic mass is 32.2. The third-order valence-corrected chi connectivity index (χ3v) is 8.58. The first-order valence-electron chi connectivity index (χ1n) is 13.7. The number of halogens is 1. The lowest BCUT2D eigenvalue weighted by Crippen LogP contribution is -2.43. The Morgan fingerprint density at radius 2 is 1.88 bits per heavy atom. The molecule has 2 N–H and O–H groups in total. The van der Waals surface area contributed by atoms with Gasteiger partial charge in [-0.25, -0.2) is 19.1 Å². The number of hydrogen-bond acceptors (Lipinski definition) is 8. The van der Waals surface area contributed by atoms with E-state index in [2.05, 4.69) is 21.9 Å². The molecule has 1 unspecified atom stereocenters. The van der Waals surface area contributed by atoms with Gasteiger partial charge in [0, 0.05) is 30.6 Å². The number of nitrogens with zero attached hydrogens (tertiary/aromatic N) is 3. The van der Waals surface area contributed by atoms with Crippen LogP contribution in [0.15, 0.2) is 53.6 Å². The SMILES string of the molecule is CC(=O)Nc1cccc(S(=O)(=O)NC(=O)c2ccc(-c3cc(F)cc(OCC(C)C)c3)nc2N2CCC(C)C2(C)C)n1. The standard InChI is InChI=1S/C30H36FN5O5S/c1-18(2)17-41-23-15-21(14-22(31)16-23)25-11-10-24(28(33-25)36-13-12-19(3)30(36,5)6)29(38)35-42(39,40)27-9-7-8-26(34-27)32-20(4)37/h7-11,14-16,18-19H,12-13,17H2,1-6H3,(H,35,38)(H,32,34,37). The number of sulfonamides is 1. The number of carbonyl (C=O) groups excluding carboxylic acids is 2. The molecular weight excluding hydrogens is 561 g/mol. The summed E-state index contributed by atoms with van der Waals surface area (Å²) in [6, 6.07) is 11.4. The van der Waals surface area contributed by atoms with E-state index in [0.29, 0.717) is 30.2 Å². The van der Waals surface area contributed by atoms with Gasteiger partial charge in [-0.15, -0.1) is 0 Å².